The Bertz CT molecular complexity index is 1280. The number of hydrogen-bond donors (Lipinski definition) is 0. The van der Waals surface area contributed by atoms with E-state index in [-0.39, 0.29) is 12.5 Å². The van der Waals surface area contributed by atoms with Crippen molar-refractivity contribution in [3.05, 3.63) is 96.1 Å². The number of para-hydroxylation sites is 2. The first-order valence-electron chi connectivity index (χ1n) is 11.2. The lowest BCUT2D eigenvalue weighted by molar-refractivity contribution is -0.153. The molecule has 33 heavy (non-hydrogen) atoms. The van der Waals surface area contributed by atoms with Gasteiger partial charge in [-0.05, 0) is 36.6 Å². The summed E-state index contributed by atoms with van der Waals surface area (Å²) in [7, 11) is 0. The van der Waals surface area contributed by atoms with Crippen LogP contribution in [0.1, 0.15) is 24.1 Å². The predicted octanol–water partition coefficient (Wildman–Crippen LogP) is 4.39. The monoisotopic (exact) mass is 439 g/mol. The van der Waals surface area contributed by atoms with Gasteiger partial charge in [-0.15, -0.1) is 0 Å². The van der Waals surface area contributed by atoms with Gasteiger partial charge in [-0.2, -0.15) is 0 Å². The van der Waals surface area contributed by atoms with Crippen LogP contribution in [0, 0.1) is 5.92 Å². The van der Waals surface area contributed by atoms with Crippen LogP contribution in [0.5, 0.6) is 0 Å². The number of aromatic nitrogens is 2. The first-order chi connectivity index (χ1) is 16.2. The number of esters is 1. The molecular formula is C27H25N3O3. The van der Waals surface area contributed by atoms with Crippen molar-refractivity contribution in [2.24, 2.45) is 5.92 Å². The molecule has 0 bridgehead atoms. The smallest absolute Gasteiger partial charge is 0.321 e. The zero-order chi connectivity index (χ0) is 22.8. The fourth-order valence-corrected chi connectivity index (χ4v) is 4.60. The molecule has 3 aromatic carbocycles. The maximum Gasteiger partial charge on any atom is 0.321 e. The van der Waals surface area contributed by atoms with E-state index < -0.39 is 17.9 Å². The number of carbonyl (C=O) groups is 2. The quantitative estimate of drug-likeness (QED) is 0.330. The highest BCUT2D eigenvalue weighted by Gasteiger charge is 2.47. The van der Waals surface area contributed by atoms with Crippen molar-refractivity contribution >= 4 is 28.9 Å². The second-order valence-electron chi connectivity index (χ2n) is 8.08. The van der Waals surface area contributed by atoms with Crippen LogP contribution in [0.4, 0.5) is 5.95 Å². The Kier molecular flexibility index (Phi) is 5.65. The van der Waals surface area contributed by atoms with Crippen LogP contribution in [0.2, 0.25) is 0 Å². The molecule has 0 N–H and O–H groups in total. The summed E-state index contributed by atoms with van der Waals surface area (Å²) in [5, 5.41) is 0. The molecule has 0 aliphatic carbocycles. The number of imidazole rings is 1. The molecule has 0 saturated carbocycles. The third-order valence-corrected chi connectivity index (χ3v) is 6.09. The number of benzene rings is 3. The van der Waals surface area contributed by atoms with Gasteiger partial charge < -0.3 is 9.30 Å². The summed E-state index contributed by atoms with van der Waals surface area (Å²) >= 11 is 0. The lowest BCUT2D eigenvalue weighted by Gasteiger charge is -2.38. The predicted molar refractivity (Wildman–Crippen MR) is 127 cm³/mol. The molecule has 0 radical (unpaired) electrons. The van der Waals surface area contributed by atoms with Gasteiger partial charge in [0.2, 0.25) is 11.9 Å². The lowest BCUT2D eigenvalue weighted by Crippen LogP contribution is -2.50. The lowest BCUT2D eigenvalue weighted by atomic mass is 9.89. The number of carbonyl (C=O) groups excluding carboxylic acids is 2. The summed E-state index contributed by atoms with van der Waals surface area (Å²) in [5.41, 5.74) is 3.66. The summed E-state index contributed by atoms with van der Waals surface area (Å²) in [4.78, 5) is 33.5. The van der Waals surface area contributed by atoms with Crippen molar-refractivity contribution in [3.63, 3.8) is 0 Å². The topological polar surface area (TPSA) is 64.4 Å². The highest BCUT2D eigenvalue weighted by Crippen LogP contribution is 2.41. The molecule has 4 aromatic rings. The van der Waals surface area contributed by atoms with Crippen molar-refractivity contribution < 1.29 is 14.3 Å². The van der Waals surface area contributed by atoms with Crippen LogP contribution < -0.4 is 4.90 Å². The third-order valence-electron chi connectivity index (χ3n) is 6.09. The van der Waals surface area contributed by atoms with Gasteiger partial charge in [0.1, 0.15) is 0 Å². The average Bonchev–Trinajstić information content (AvgIpc) is 3.23. The van der Waals surface area contributed by atoms with Gasteiger partial charge in [0.15, 0.2) is 5.92 Å². The van der Waals surface area contributed by atoms with E-state index in [9.17, 15) is 9.59 Å². The molecule has 1 aliphatic heterocycles. The molecule has 6 heteroatoms. The van der Waals surface area contributed by atoms with Crippen LogP contribution in [-0.2, 0) is 20.7 Å². The molecule has 1 amide bonds. The van der Waals surface area contributed by atoms with Crippen molar-refractivity contribution in [1.29, 1.82) is 0 Å². The molecule has 6 nitrogen and oxygen atoms in total. The first-order valence-corrected chi connectivity index (χ1v) is 11.2. The zero-order valence-electron chi connectivity index (χ0n) is 18.4. The number of amides is 1. The summed E-state index contributed by atoms with van der Waals surface area (Å²) in [6.45, 7) is 2.39. The first kappa shape index (κ1) is 20.9. The van der Waals surface area contributed by atoms with E-state index in [1.807, 2.05) is 89.5 Å². The third kappa shape index (κ3) is 3.78. The molecule has 2 atom stereocenters. The van der Waals surface area contributed by atoms with Crippen molar-refractivity contribution in [3.8, 4) is 0 Å². The van der Waals surface area contributed by atoms with Gasteiger partial charge >= 0.3 is 5.97 Å². The van der Waals surface area contributed by atoms with E-state index in [0.29, 0.717) is 18.9 Å². The molecule has 1 aliphatic rings. The van der Waals surface area contributed by atoms with Gasteiger partial charge in [0.05, 0.1) is 23.7 Å². The highest BCUT2D eigenvalue weighted by molar-refractivity contribution is 6.08. The molecule has 0 saturated heterocycles. The maximum atomic E-state index is 13.9. The van der Waals surface area contributed by atoms with E-state index in [4.69, 9.17) is 9.72 Å². The van der Waals surface area contributed by atoms with Crippen LogP contribution in [-0.4, -0.2) is 34.6 Å². The summed E-state index contributed by atoms with van der Waals surface area (Å²) < 4.78 is 7.42. The summed E-state index contributed by atoms with van der Waals surface area (Å²) in [5.74, 6) is -1.22. The number of nitrogens with zero attached hydrogens (tertiary/aromatic N) is 3. The number of ether oxygens (including phenoxy) is 1. The van der Waals surface area contributed by atoms with E-state index in [0.717, 1.165) is 22.2 Å². The Hall–Kier alpha value is -3.93. The highest BCUT2D eigenvalue weighted by atomic mass is 16.5. The number of anilines is 1. The Balaban J connectivity index is 1.67. The van der Waals surface area contributed by atoms with E-state index >= 15 is 0 Å². The SMILES string of the molecule is CCOC(=O)C1C(=O)N(CCc2ccccc2)c2nc3ccccc3n2C1c1ccccc1. The Morgan fingerprint density at radius 2 is 1.61 bits per heavy atom. The number of fused-ring (bicyclic) bond motifs is 3. The zero-order valence-corrected chi connectivity index (χ0v) is 18.4. The Morgan fingerprint density at radius 3 is 2.33 bits per heavy atom. The average molecular weight is 440 g/mol. The number of rotatable bonds is 6. The van der Waals surface area contributed by atoms with Crippen LogP contribution in [0.3, 0.4) is 0 Å². The second kappa shape index (κ2) is 8.90. The van der Waals surface area contributed by atoms with Crippen molar-refractivity contribution in [2.75, 3.05) is 18.1 Å². The van der Waals surface area contributed by atoms with E-state index in [2.05, 4.69) is 0 Å². The standard InChI is InChI=1S/C27H25N3O3/c1-2-33-26(32)23-24(20-13-7-4-8-14-20)30-22-16-10-9-15-21(22)28-27(30)29(25(23)31)18-17-19-11-5-3-6-12-19/h3-16,23-24H,2,17-18H2,1H3. The molecule has 0 spiro atoms. The minimum Gasteiger partial charge on any atom is -0.465 e. The van der Waals surface area contributed by atoms with Gasteiger partial charge in [-0.3, -0.25) is 14.5 Å². The minimum absolute atomic E-state index is 0.214. The summed E-state index contributed by atoms with van der Waals surface area (Å²) in [6, 6.07) is 26.9. The molecule has 2 heterocycles. The van der Waals surface area contributed by atoms with Crippen LogP contribution in [0.25, 0.3) is 11.0 Å². The van der Waals surface area contributed by atoms with Crippen LogP contribution in [0.15, 0.2) is 84.9 Å². The molecule has 0 fully saturated rings. The molecule has 2 unspecified atom stereocenters. The van der Waals surface area contributed by atoms with E-state index in [1.165, 1.54) is 0 Å². The van der Waals surface area contributed by atoms with Gasteiger partial charge in [0.25, 0.3) is 0 Å². The molecule has 166 valence electrons. The minimum atomic E-state index is -0.992. The van der Waals surface area contributed by atoms with Crippen LogP contribution >= 0.6 is 0 Å². The van der Waals surface area contributed by atoms with E-state index in [1.54, 1.807) is 11.8 Å². The number of hydrogen-bond acceptors (Lipinski definition) is 4. The van der Waals surface area contributed by atoms with Crippen molar-refractivity contribution in [2.45, 2.75) is 19.4 Å². The molecule has 1 aromatic heterocycles. The molecular weight excluding hydrogens is 414 g/mol. The van der Waals surface area contributed by atoms with Gasteiger partial charge in [0, 0.05) is 6.54 Å². The maximum absolute atomic E-state index is 13.9. The van der Waals surface area contributed by atoms with Gasteiger partial charge in [-0.1, -0.05) is 72.8 Å². The Labute approximate surface area is 192 Å². The normalized spacial score (nSPS) is 17.7. The van der Waals surface area contributed by atoms with Gasteiger partial charge in [-0.25, -0.2) is 4.98 Å². The Morgan fingerprint density at radius 1 is 0.939 bits per heavy atom. The van der Waals surface area contributed by atoms with Crippen molar-refractivity contribution in [1.82, 2.24) is 9.55 Å². The summed E-state index contributed by atoms with van der Waals surface area (Å²) in [6.07, 6.45) is 0.654. The molecule has 5 rings (SSSR count). The second-order valence-corrected chi connectivity index (χ2v) is 8.08. The largest absolute Gasteiger partial charge is 0.465 e. The fourth-order valence-electron chi connectivity index (χ4n) is 4.60. The fraction of sp³-hybridized carbons (Fsp3) is 0.222.